The first-order valence-electron chi connectivity index (χ1n) is 12.8. The van der Waals surface area contributed by atoms with E-state index >= 15 is 0 Å². The Morgan fingerprint density at radius 1 is 0.850 bits per heavy atom. The van der Waals surface area contributed by atoms with Gasteiger partial charge in [-0.05, 0) is 43.7 Å². The van der Waals surface area contributed by atoms with Crippen LogP contribution in [-0.4, -0.2) is 63.6 Å². The molecule has 208 valence electrons. The van der Waals surface area contributed by atoms with E-state index in [2.05, 4.69) is 5.32 Å². The lowest BCUT2D eigenvalue weighted by molar-refractivity contribution is -0.119. The van der Waals surface area contributed by atoms with Gasteiger partial charge in [0.15, 0.2) is 0 Å². The summed E-state index contributed by atoms with van der Waals surface area (Å²) in [6, 6.07) is 15.1. The molecule has 2 heterocycles. The van der Waals surface area contributed by atoms with Crippen molar-refractivity contribution in [2.45, 2.75) is 25.4 Å². The number of hydrogen-bond donors (Lipinski definition) is 1. The normalized spacial score (nSPS) is 17.7. The third-order valence-electron chi connectivity index (χ3n) is 7.35. The van der Waals surface area contributed by atoms with Crippen molar-refractivity contribution in [2.24, 2.45) is 0 Å². The highest BCUT2D eigenvalue weighted by Gasteiger charge is 2.41. The van der Waals surface area contributed by atoms with Crippen LogP contribution in [0.25, 0.3) is 0 Å². The van der Waals surface area contributed by atoms with E-state index in [4.69, 9.17) is 18.9 Å². The molecule has 40 heavy (non-hydrogen) atoms. The van der Waals surface area contributed by atoms with Crippen LogP contribution >= 0.6 is 0 Å². The summed E-state index contributed by atoms with van der Waals surface area (Å²) in [4.78, 5) is 42.4. The lowest BCUT2D eigenvalue weighted by Gasteiger charge is -2.41. The third-order valence-corrected chi connectivity index (χ3v) is 7.35. The van der Waals surface area contributed by atoms with E-state index in [0.717, 1.165) is 16.2 Å². The molecular weight excluding hydrogens is 514 g/mol. The maximum atomic E-state index is 13.9. The van der Waals surface area contributed by atoms with Crippen LogP contribution in [0.3, 0.4) is 0 Å². The molecule has 5 rings (SSSR count). The van der Waals surface area contributed by atoms with Gasteiger partial charge in [0.2, 0.25) is 5.91 Å². The number of anilines is 2. The summed E-state index contributed by atoms with van der Waals surface area (Å²) >= 11 is 0. The number of carbonyl (C=O) groups excluding carboxylic acids is 3. The number of benzene rings is 3. The Hall–Kier alpha value is -4.73. The maximum Gasteiger partial charge on any atom is 0.262 e. The Labute approximate surface area is 232 Å². The molecular formula is C30H31N3O7. The van der Waals surface area contributed by atoms with Crippen LogP contribution < -0.4 is 29.2 Å². The Morgan fingerprint density at radius 3 is 2.08 bits per heavy atom. The van der Waals surface area contributed by atoms with Gasteiger partial charge in [-0.2, -0.15) is 0 Å². The van der Waals surface area contributed by atoms with E-state index in [-0.39, 0.29) is 12.1 Å². The number of rotatable bonds is 8. The van der Waals surface area contributed by atoms with Crippen LogP contribution in [0.2, 0.25) is 0 Å². The number of carbonyl (C=O) groups is 3. The van der Waals surface area contributed by atoms with E-state index in [1.54, 1.807) is 62.6 Å². The van der Waals surface area contributed by atoms with Crippen molar-refractivity contribution >= 4 is 29.1 Å². The zero-order valence-corrected chi connectivity index (χ0v) is 23.0. The second kappa shape index (κ2) is 10.8. The number of methoxy groups -OCH3 is 4. The van der Waals surface area contributed by atoms with Crippen LogP contribution in [0.15, 0.2) is 54.6 Å². The van der Waals surface area contributed by atoms with Crippen LogP contribution in [0.4, 0.5) is 11.4 Å². The smallest absolute Gasteiger partial charge is 0.262 e. The molecule has 3 aromatic rings. The van der Waals surface area contributed by atoms with Gasteiger partial charge < -0.3 is 29.2 Å². The molecule has 3 aromatic carbocycles. The number of nitrogens with zero attached hydrogens (tertiary/aromatic N) is 2. The van der Waals surface area contributed by atoms with Gasteiger partial charge in [0.25, 0.3) is 11.8 Å². The number of ether oxygens (including phenoxy) is 4. The number of imide groups is 1. The molecule has 2 aliphatic heterocycles. The minimum absolute atomic E-state index is 0.250. The standard InChI is InChI=1S/C30H31N3O7/c1-17-12-24(31-23-11-10-18(37-2)14-25(23)39-4)22-13-19(38-3)15-26(40-5)28(22)33(17)27(34)16-32-29(35)20-8-6-7-9-21(20)30(32)36/h6-11,13-15,17,24,31H,12,16H2,1-5H3/t17-,24-/m1/s1. The molecule has 1 N–H and O–H groups in total. The zero-order chi connectivity index (χ0) is 28.6. The fourth-order valence-corrected chi connectivity index (χ4v) is 5.40. The summed E-state index contributed by atoms with van der Waals surface area (Å²) < 4.78 is 22.2. The first-order valence-corrected chi connectivity index (χ1v) is 12.8. The molecule has 2 atom stereocenters. The fourth-order valence-electron chi connectivity index (χ4n) is 5.40. The Bertz CT molecular complexity index is 1450. The Balaban J connectivity index is 1.52. The molecule has 10 nitrogen and oxygen atoms in total. The van der Waals surface area contributed by atoms with Crippen molar-refractivity contribution in [1.29, 1.82) is 0 Å². The lowest BCUT2D eigenvalue weighted by atomic mass is 9.90. The third kappa shape index (κ3) is 4.55. The summed E-state index contributed by atoms with van der Waals surface area (Å²) in [6.45, 7) is 1.53. The average Bonchev–Trinajstić information content (AvgIpc) is 3.21. The maximum absolute atomic E-state index is 13.9. The highest BCUT2D eigenvalue weighted by atomic mass is 16.5. The zero-order valence-electron chi connectivity index (χ0n) is 23.0. The van der Waals surface area contributed by atoms with E-state index < -0.39 is 24.3 Å². The first kappa shape index (κ1) is 26.9. The van der Waals surface area contributed by atoms with Crippen molar-refractivity contribution < 1.29 is 33.3 Å². The van der Waals surface area contributed by atoms with Crippen LogP contribution in [0.1, 0.15) is 45.7 Å². The molecule has 0 bridgehead atoms. The van der Waals surface area contributed by atoms with Gasteiger partial charge in [-0.25, -0.2) is 0 Å². The number of nitrogens with one attached hydrogen (secondary N) is 1. The molecule has 2 aliphatic rings. The Morgan fingerprint density at radius 2 is 1.48 bits per heavy atom. The van der Waals surface area contributed by atoms with Crippen molar-refractivity contribution in [2.75, 3.05) is 45.2 Å². The van der Waals surface area contributed by atoms with Crippen molar-refractivity contribution in [3.63, 3.8) is 0 Å². The number of hydrogen-bond acceptors (Lipinski definition) is 8. The van der Waals surface area contributed by atoms with E-state index in [1.165, 1.54) is 7.11 Å². The molecule has 0 unspecified atom stereocenters. The van der Waals surface area contributed by atoms with Crippen molar-refractivity contribution in [3.8, 4) is 23.0 Å². The monoisotopic (exact) mass is 545 g/mol. The summed E-state index contributed by atoms with van der Waals surface area (Å²) in [5, 5.41) is 3.55. The van der Waals surface area contributed by atoms with Gasteiger partial charge in [0.05, 0.1) is 57.0 Å². The molecule has 0 aliphatic carbocycles. The minimum Gasteiger partial charge on any atom is -0.497 e. The highest BCUT2D eigenvalue weighted by Crippen LogP contribution is 2.47. The topological polar surface area (TPSA) is 107 Å². The van der Waals surface area contributed by atoms with E-state index in [1.807, 2.05) is 25.1 Å². The second-order valence-corrected chi connectivity index (χ2v) is 9.62. The number of amides is 3. The van der Waals surface area contributed by atoms with Crippen molar-refractivity contribution in [1.82, 2.24) is 4.90 Å². The quantitative estimate of drug-likeness (QED) is 0.418. The van der Waals surface area contributed by atoms with Crippen LogP contribution in [0, 0.1) is 0 Å². The van der Waals surface area contributed by atoms with Gasteiger partial charge >= 0.3 is 0 Å². The molecule has 0 saturated heterocycles. The van der Waals surface area contributed by atoms with Gasteiger partial charge in [0.1, 0.15) is 29.5 Å². The SMILES string of the molecule is COc1ccc(N[C@@H]2C[C@@H](C)N(C(=O)CN3C(=O)c4ccccc4C3=O)c3c(OC)cc(OC)cc32)c(OC)c1. The number of fused-ring (bicyclic) bond motifs is 2. The average molecular weight is 546 g/mol. The van der Waals surface area contributed by atoms with Gasteiger partial charge in [-0.3, -0.25) is 19.3 Å². The predicted octanol–water partition coefficient (Wildman–Crippen LogP) is 4.30. The van der Waals surface area contributed by atoms with E-state index in [0.29, 0.717) is 46.2 Å². The van der Waals surface area contributed by atoms with Crippen molar-refractivity contribution in [3.05, 3.63) is 71.3 Å². The van der Waals surface area contributed by atoms with Gasteiger partial charge in [0, 0.05) is 23.7 Å². The largest absolute Gasteiger partial charge is 0.497 e. The molecule has 0 fully saturated rings. The lowest BCUT2D eigenvalue weighted by Crippen LogP contribution is -2.49. The minimum atomic E-state index is -0.480. The first-order chi connectivity index (χ1) is 19.3. The molecule has 0 radical (unpaired) electrons. The summed E-state index contributed by atoms with van der Waals surface area (Å²) in [6.07, 6.45) is 0.520. The van der Waals surface area contributed by atoms with E-state index in [9.17, 15) is 14.4 Å². The van der Waals surface area contributed by atoms with Crippen LogP contribution in [0.5, 0.6) is 23.0 Å². The molecule has 0 aromatic heterocycles. The molecule has 3 amide bonds. The highest BCUT2D eigenvalue weighted by molar-refractivity contribution is 6.22. The molecule has 0 spiro atoms. The van der Waals surface area contributed by atoms with Gasteiger partial charge in [-0.1, -0.05) is 12.1 Å². The summed E-state index contributed by atoms with van der Waals surface area (Å²) in [5.74, 6) is 0.905. The van der Waals surface area contributed by atoms with Gasteiger partial charge in [-0.15, -0.1) is 0 Å². The van der Waals surface area contributed by atoms with Crippen LogP contribution in [-0.2, 0) is 4.79 Å². The summed E-state index contributed by atoms with van der Waals surface area (Å²) in [7, 11) is 6.26. The summed E-state index contributed by atoms with van der Waals surface area (Å²) in [5.41, 5.74) is 2.66. The second-order valence-electron chi connectivity index (χ2n) is 9.62. The molecule has 0 saturated carbocycles. The Kier molecular flexibility index (Phi) is 7.25. The predicted molar refractivity (Wildman–Crippen MR) is 149 cm³/mol. The fraction of sp³-hybridized carbons (Fsp3) is 0.300. The molecule has 10 heteroatoms.